The fourth-order valence-electron chi connectivity index (χ4n) is 4.53. The van der Waals surface area contributed by atoms with Crippen molar-refractivity contribution in [3.63, 3.8) is 0 Å². The van der Waals surface area contributed by atoms with Crippen LogP contribution in [-0.2, 0) is 18.1 Å². The molecule has 1 aromatic heterocycles. The van der Waals surface area contributed by atoms with Crippen LogP contribution in [0, 0.1) is 17.8 Å². The minimum Gasteiger partial charge on any atom is -0.496 e. The van der Waals surface area contributed by atoms with Crippen LogP contribution >= 0.6 is 11.6 Å². The Balaban J connectivity index is 0.00000121. The lowest BCUT2D eigenvalue weighted by atomic mass is 9.83. The summed E-state index contributed by atoms with van der Waals surface area (Å²) in [6, 6.07) is 5.08. The highest BCUT2D eigenvalue weighted by atomic mass is 35.5. The molecule has 37 heavy (non-hydrogen) atoms. The van der Waals surface area contributed by atoms with Gasteiger partial charge in [0.15, 0.2) is 5.69 Å². The van der Waals surface area contributed by atoms with E-state index in [1.165, 1.54) is 20.0 Å². The average Bonchev–Trinajstić information content (AvgIpc) is 3.36. The highest BCUT2D eigenvalue weighted by Crippen LogP contribution is 2.48. The molecule has 1 N–H and O–H groups in total. The van der Waals surface area contributed by atoms with E-state index in [0.29, 0.717) is 41.8 Å². The largest absolute Gasteiger partial charge is 0.496 e. The third kappa shape index (κ3) is 7.28. The SMILES string of the molecule is CCn1nc(C(=O)NCC2CCC(C)CC2)c(Cl)c1-c1ccc(OC[C@@H]2CC2(F)F)cc1OC.O=S=O. The average molecular weight is 560 g/mol. The lowest BCUT2D eigenvalue weighted by Crippen LogP contribution is -2.31. The van der Waals surface area contributed by atoms with Crippen molar-refractivity contribution < 1.29 is 31.5 Å². The van der Waals surface area contributed by atoms with Crippen LogP contribution in [0.3, 0.4) is 0 Å². The van der Waals surface area contributed by atoms with Crippen molar-refractivity contribution >= 4 is 29.1 Å². The number of halogens is 3. The first-order valence-electron chi connectivity index (χ1n) is 12.3. The van der Waals surface area contributed by atoms with Crippen LogP contribution in [0.5, 0.6) is 11.5 Å². The van der Waals surface area contributed by atoms with Gasteiger partial charge in [0.2, 0.25) is 0 Å². The number of carbonyl (C=O) groups is 1. The molecule has 2 aliphatic rings. The molecular formula is C25H32ClF2N3O5S. The summed E-state index contributed by atoms with van der Waals surface area (Å²) in [7, 11) is 1.51. The van der Waals surface area contributed by atoms with Crippen LogP contribution in [0.2, 0.25) is 5.02 Å². The van der Waals surface area contributed by atoms with Gasteiger partial charge >= 0.3 is 11.6 Å². The normalized spacial score (nSPS) is 21.8. The molecule has 0 saturated heterocycles. The molecule has 0 radical (unpaired) electrons. The molecule has 0 bridgehead atoms. The molecule has 12 heteroatoms. The minimum absolute atomic E-state index is 0.0482. The van der Waals surface area contributed by atoms with Gasteiger partial charge in [0.1, 0.15) is 11.5 Å². The van der Waals surface area contributed by atoms with Gasteiger partial charge in [-0.3, -0.25) is 9.48 Å². The predicted octanol–water partition coefficient (Wildman–Crippen LogP) is 5.15. The molecule has 2 saturated carbocycles. The molecule has 0 spiro atoms. The number of rotatable bonds is 9. The van der Waals surface area contributed by atoms with Gasteiger partial charge in [-0.15, -0.1) is 0 Å². The van der Waals surface area contributed by atoms with E-state index in [0.717, 1.165) is 18.8 Å². The summed E-state index contributed by atoms with van der Waals surface area (Å²) in [6.07, 6.45) is 4.48. The molecule has 1 heterocycles. The molecule has 204 valence electrons. The molecule has 1 aromatic carbocycles. The van der Waals surface area contributed by atoms with Gasteiger partial charge < -0.3 is 14.8 Å². The van der Waals surface area contributed by atoms with Gasteiger partial charge in [-0.05, 0) is 43.7 Å². The van der Waals surface area contributed by atoms with Crippen LogP contribution in [0.15, 0.2) is 18.2 Å². The predicted molar refractivity (Wildman–Crippen MR) is 136 cm³/mol. The third-order valence-electron chi connectivity index (χ3n) is 6.93. The zero-order valence-electron chi connectivity index (χ0n) is 21.1. The zero-order chi connectivity index (χ0) is 27.2. The Morgan fingerprint density at radius 1 is 1.27 bits per heavy atom. The molecule has 2 aliphatic carbocycles. The number of benzene rings is 1. The molecular weight excluding hydrogens is 528 g/mol. The summed E-state index contributed by atoms with van der Waals surface area (Å²) in [5, 5.41) is 7.72. The number of aromatic nitrogens is 2. The van der Waals surface area contributed by atoms with Crippen LogP contribution in [-0.4, -0.2) is 50.3 Å². The Bertz CT molecular complexity index is 1130. The van der Waals surface area contributed by atoms with E-state index < -0.39 is 23.4 Å². The lowest BCUT2D eigenvalue weighted by molar-refractivity contribution is 0.0855. The highest BCUT2D eigenvalue weighted by molar-refractivity contribution is 7.51. The van der Waals surface area contributed by atoms with Crippen molar-refractivity contribution in [2.24, 2.45) is 17.8 Å². The van der Waals surface area contributed by atoms with Crippen LogP contribution in [0.1, 0.15) is 56.4 Å². The smallest absolute Gasteiger partial charge is 0.335 e. The van der Waals surface area contributed by atoms with Gasteiger partial charge in [-0.25, -0.2) is 8.78 Å². The van der Waals surface area contributed by atoms with Crippen LogP contribution in [0.4, 0.5) is 8.78 Å². The van der Waals surface area contributed by atoms with Crippen molar-refractivity contribution in [3.8, 4) is 22.8 Å². The standard InChI is InChI=1S/C25H32ClF2N3O3.O2S/c1-4-31-23(19-10-9-18(11-20(19)33-3)34-14-17-12-25(17,27)28)21(26)22(30-31)24(32)29-13-16-7-5-15(2)6-8-16;1-3-2/h9-11,15-17H,4-8,12-14H2,1-3H3,(H,29,32);/t15?,16?,17-;/m0./s1. The maximum absolute atomic E-state index is 13.1. The molecule has 0 aliphatic heterocycles. The maximum atomic E-state index is 13.1. The monoisotopic (exact) mass is 559 g/mol. The number of alkyl halides is 2. The number of hydrogen-bond donors (Lipinski definition) is 1. The first-order valence-corrected chi connectivity index (χ1v) is 13.3. The molecule has 4 rings (SSSR count). The zero-order valence-corrected chi connectivity index (χ0v) is 22.7. The second kappa shape index (κ2) is 12.8. The molecule has 2 aromatic rings. The number of hydrogen-bond acceptors (Lipinski definition) is 6. The minimum atomic E-state index is -2.63. The summed E-state index contributed by atoms with van der Waals surface area (Å²) in [5.41, 5.74) is 1.39. The number of amides is 1. The third-order valence-corrected chi connectivity index (χ3v) is 7.29. The number of methoxy groups -OCH3 is 1. The van der Waals surface area contributed by atoms with E-state index in [2.05, 4.69) is 17.3 Å². The van der Waals surface area contributed by atoms with E-state index in [4.69, 9.17) is 29.5 Å². The summed E-state index contributed by atoms with van der Waals surface area (Å²) in [4.78, 5) is 12.9. The van der Waals surface area contributed by atoms with E-state index >= 15 is 0 Å². The molecule has 8 nitrogen and oxygen atoms in total. The molecule has 1 amide bonds. The highest BCUT2D eigenvalue weighted by Gasteiger charge is 2.57. The van der Waals surface area contributed by atoms with Crippen LogP contribution < -0.4 is 14.8 Å². The van der Waals surface area contributed by atoms with Crippen molar-refractivity contribution in [2.45, 2.75) is 58.4 Å². The number of nitrogens with one attached hydrogen (secondary N) is 1. The van der Waals surface area contributed by atoms with Gasteiger partial charge in [0.25, 0.3) is 11.8 Å². The topological polar surface area (TPSA) is 99.5 Å². The van der Waals surface area contributed by atoms with Crippen molar-refractivity contribution in [3.05, 3.63) is 28.9 Å². The van der Waals surface area contributed by atoms with E-state index in [1.54, 1.807) is 22.9 Å². The van der Waals surface area contributed by atoms with Gasteiger partial charge in [0, 0.05) is 31.1 Å². The number of carbonyl (C=O) groups excluding carboxylic acids is 1. The Morgan fingerprint density at radius 3 is 2.49 bits per heavy atom. The summed E-state index contributed by atoms with van der Waals surface area (Å²) >= 11 is 5.93. The Labute approximate surface area is 223 Å². The van der Waals surface area contributed by atoms with Gasteiger partial charge in [0.05, 0.1) is 30.4 Å². The van der Waals surface area contributed by atoms with E-state index in [-0.39, 0.29) is 29.7 Å². The second-order valence-electron chi connectivity index (χ2n) is 9.57. The Kier molecular flexibility index (Phi) is 10.1. The second-order valence-corrected chi connectivity index (χ2v) is 10.1. The summed E-state index contributed by atoms with van der Waals surface area (Å²) in [6.45, 7) is 5.25. The fraction of sp³-hybridized carbons (Fsp3) is 0.600. The van der Waals surface area contributed by atoms with E-state index in [9.17, 15) is 13.6 Å². The molecule has 1 atom stereocenters. The van der Waals surface area contributed by atoms with Crippen molar-refractivity contribution in [1.82, 2.24) is 15.1 Å². The van der Waals surface area contributed by atoms with Crippen LogP contribution in [0.25, 0.3) is 11.3 Å². The number of nitrogens with zero attached hydrogens (tertiary/aromatic N) is 2. The maximum Gasteiger partial charge on any atom is 0.335 e. The van der Waals surface area contributed by atoms with E-state index in [1.807, 2.05) is 6.92 Å². The Morgan fingerprint density at radius 2 is 1.92 bits per heavy atom. The van der Waals surface area contributed by atoms with Crippen molar-refractivity contribution in [2.75, 3.05) is 20.3 Å². The number of ether oxygens (including phenoxy) is 2. The summed E-state index contributed by atoms with van der Waals surface area (Å²) < 4.78 is 55.6. The van der Waals surface area contributed by atoms with Gasteiger partial charge in [-0.1, -0.05) is 31.4 Å². The lowest BCUT2D eigenvalue weighted by Gasteiger charge is -2.26. The number of aryl methyl sites for hydroxylation is 1. The Hall–Kier alpha value is -2.53. The first kappa shape index (κ1) is 29.0. The van der Waals surface area contributed by atoms with Crippen molar-refractivity contribution in [1.29, 1.82) is 0 Å². The quantitative estimate of drug-likeness (QED) is 0.456. The van der Waals surface area contributed by atoms with Gasteiger partial charge in [-0.2, -0.15) is 13.5 Å². The fourth-order valence-corrected chi connectivity index (χ4v) is 4.85. The summed E-state index contributed by atoms with van der Waals surface area (Å²) in [5.74, 6) is -1.53. The molecule has 0 unspecified atom stereocenters. The molecule has 2 fully saturated rings. The first-order chi connectivity index (χ1) is 17.6.